The molecule has 2 aromatic rings. The number of aromatic nitrogens is 2. The van der Waals surface area contributed by atoms with Gasteiger partial charge < -0.3 is 10.6 Å². The molecule has 1 unspecified atom stereocenters. The van der Waals surface area contributed by atoms with Crippen molar-refractivity contribution in [2.24, 2.45) is 0 Å². The van der Waals surface area contributed by atoms with Crippen LogP contribution in [-0.2, 0) is 6.54 Å². The maximum Gasteiger partial charge on any atom is 0.171 e. The fourth-order valence-corrected chi connectivity index (χ4v) is 2.76. The summed E-state index contributed by atoms with van der Waals surface area (Å²) in [5, 5.41) is 12.3. The SMILES string of the molecule is CCn1cc(C(C)NC(=S)Nc2cccc(Cl)c2C)c(C)n1. The highest BCUT2D eigenvalue weighted by Gasteiger charge is 2.13. The number of nitrogens with zero attached hydrogens (tertiary/aromatic N) is 2. The molecule has 118 valence electrons. The third-order valence-corrected chi connectivity index (χ3v) is 4.27. The second-order valence-electron chi connectivity index (χ2n) is 5.26. The summed E-state index contributed by atoms with van der Waals surface area (Å²) in [4.78, 5) is 0. The summed E-state index contributed by atoms with van der Waals surface area (Å²) < 4.78 is 1.93. The Bertz CT molecular complexity index is 681. The fraction of sp³-hybridized carbons (Fsp3) is 0.375. The lowest BCUT2D eigenvalue weighted by Gasteiger charge is -2.18. The molecule has 1 atom stereocenters. The molecule has 0 saturated heterocycles. The first-order chi connectivity index (χ1) is 10.4. The Morgan fingerprint density at radius 1 is 1.41 bits per heavy atom. The average Bonchev–Trinajstić information content (AvgIpc) is 2.85. The summed E-state index contributed by atoms with van der Waals surface area (Å²) in [5.41, 5.74) is 4.06. The van der Waals surface area contributed by atoms with E-state index in [1.165, 1.54) is 0 Å². The van der Waals surface area contributed by atoms with Crippen molar-refractivity contribution >= 4 is 34.6 Å². The Hall–Kier alpha value is -1.59. The van der Waals surface area contributed by atoms with E-state index in [0.29, 0.717) is 5.11 Å². The minimum absolute atomic E-state index is 0.0831. The lowest BCUT2D eigenvalue weighted by atomic mass is 10.1. The topological polar surface area (TPSA) is 41.9 Å². The maximum atomic E-state index is 6.12. The van der Waals surface area contributed by atoms with Crippen LogP contribution in [0.3, 0.4) is 0 Å². The molecule has 0 aliphatic rings. The van der Waals surface area contributed by atoms with Crippen LogP contribution in [0.4, 0.5) is 5.69 Å². The zero-order valence-electron chi connectivity index (χ0n) is 13.3. The number of hydrogen-bond donors (Lipinski definition) is 2. The summed E-state index contributed by atoms with van der Waals surface area (Å²) in [6, 6.07) is 5.81. The van der Waals surface area contributed by atoms with Gasteiger partial charge in [-0.1, -0.05) is 17.7 Å². The summed E-state index contributed by atoms with van der Waals surface area (Å²) >= 11 is 11.5. The van der Waals surface area contributed by atoms with Gasteiger partial charge in [0.25, 0.3) is 0 Å². The van der Waals surface area contributed by atoms with Crippen LogP contribution < -0.4 is 10.6 Å². The molecule has 0 spiro atoms. The quantitative estimate of drug-likeness (QED) is 0.820. The molecule has 2 rings (SSSR count). The Morgan fingerprint density at radius 2 is 2.14 bits per heavy atom. The van der Waals surface area contributed by atoms with Crippen LogP contribution >= 0.6 is 23.8 Å². The Kier molecular flexibility index (Phi) is 5.42. The molecule has 22 heavy (non-hydrogen) atoms. The minimum atomic E-state index is 0.0831. The number of anilines is 1. The number of rotatable bonds is 4. The lowest BCUT2D eigenvalue weighted by Crippen LogP contribution is -2.31. The van der Waals surface area contributed by atoms with Gasteiger partial charge in [-0.05, 0) is 57.6 Å². The van der Waals surface area contributed by atoms with E-state index in [1.807, 2.05) is 36.7 Å². The molecule has 0 aliphatic carbocycles. The second kappa shape index (κ2) is 7.11. The normalized spacial score (nSPS) is 12.0. The Labute approximate surface area is 141 Å². The molecule has 0 radical (unpaired) electrons. The molecule has 1 heterocycles. The molecule has 1 aromatic carbocycles. The predicted molar refractivity (Wildman–Crippen MR) is 96.6 cm³/mol. The van der Waals surface area contributed by atoms with Gasteiger partial charge in [0.05, 0.1) is 11.7 Å². The van der Waals surface area contributed by atoms with Crippen molar-refractivity contribution in [3.63, 3.8) is 0 Å². The minimum Gasteiger partial charge on any atom is -0.356 e. The highest BCUT2D eigenvalue weighted by Crippen LogP contribution is 2.23. The van der Waals surface area contributed by atoms with Gasteiger partial charge in [-0.2, -0.15) is 5.10 Å². The first-order valence-electron chi connectivity index (χ1n) is 7.29. The lowest BCUT2D eigenvalue weighted by molar-refractivity contribution is 0.651. The number of benzene rings is 1. The first kappa shape index (κ1) is 16.8. The van der Waals surface area contributed by atoms with Gasteiger partial charge in [0.15, 0.2) is 5.11 Å². The molecule has 0 saturated carbocycles. The number of nitrogens with one attached hydrogen (secondary N) is 2. The highest BCUT2D eigenvalue weighted by molar-refractivity contribution is 7.80. The smallest absolute Gasteiger partial charge is 0.171 e. The van der Waals surface area contributed by atoms with Crippen molar-refractivity contribution in [2.45, 2.75) is 40.3 Å². The van der Waals surface area contributed by atoms with Crippen molar-refractivity contribution in [2.75, 3.05) is 5.32 Å². The van der Waals surface area contributed by atoms with Crippen molar-refractivity contribution in [1.82, 2.24) is 15.1 Å². The number of hydrogen-bond acceptors (Lipinski definition) is 2. The second-order valence-corrected chi connectivity index (χ2v) is 6.07. The van der Waals surface area contributed by atoms with Crippen LogP contribution in [0.2, 0.25) is 5.02 Å². The zero-order valence-corrected chi connectivity index (χ0v) is 14.8. The Balaban J connectivity index is 2.05. The van der Waals surface area contributed by atoms with Crippen LogP contribution in [0.25, 0.3) is 0 Å². The van der Waals surface area contributed by atoms with E-state index in [2.05, 4.69) is 35.8 Å². The van der Waals surface area contributed by atoms with Crippen molar-refractivity contribution < 1.29 is 0 Å². The van der Waals surface area contributed by atoms with Crippen LogP contribution in [0.1, 0.15) is 36.7 Å². The monoisotopic (exact) mass is 336 g/mol. The van der Waals surface area contributed by atoms with Crippen molar-refractivity contribution in [3.8, 4) is 0 Å². The molecule has 6 heteroatoms. The average molecular weight is 337 g/mol. The van der Waals surface area contributed by atoms with Crippen LogP contribution in [0, 0.1) is 13.8 Å². The fourth-order valence-electron chi connectivity index (χ4n) is 2.30. The first-order valence-corrected chi connectivity index (χ1v) is 8.07. The van der Waals surface area contributed by atoms with E-state index in [9.17, 15) is 0 Å². The van der Waals surface area contributed by atoms with E-state index in [0.717, 1.165) is 34.1 Å². The zero-order chi connectivity index (χ0) is 16.3. The molecule has 0 aliphatic heterocycles. The van der Waals surface area contributed by atoms with E-state index >= 15 is 0 Å². The van der Waals surface area contributed by atoms with E-state index in [-0.39, 0.29) is 6.04 Å². The van der Waals surface area contributed by atoms with Gasteiger partial charge in [0.1, 0.15) is 0 Å². The highest BCUT2D eigenvalue weighted by atomic mass is 35.5. The molecule has 4 nitrogen and oxygen atoms in total. The van der Waals surface area contributed by atoms with Crippen molar-refractivity contribution in [1.29, 1.82) is 0 Å². The predicted octanol–water partition coefficient (Wildman–Crippen LogP) is 4.22. The van der Waals surface area contributed by atoms with Crippen LogP contribution in [0.5, 0.6) is 0 Å². The van der Waals surface area contributed by atoms with Gasteiger partial charge >= 0.3 is 0 Å². The molecule has 0 amide bonds. The molecule has 0 fully saturated rings. The molecule has 0 bridgehead atoms. The van der Waals surface area contributed by atoms with Crippen molar-refractivity contribution in [3.05, 3.63) is 46.2 Å². The largest absolute Gasteiger partial charge is 0.356 e. The number of thiocarbonyl (C=S) groups is 1. The standard InChI is InChI=1S/C16H21ClN4S/c1-5-21-9-13(12(4)20-21)11(3)18-16(22)19-15-8-6-7-14(17)10(15)2/h6-9,11H,5H2,1-4H3,(H2,18,19,22). The summed E-state index contributed by atoms with van der Waals surface area (Å²) in [6.07, 6.45) is 2.06. The third kappa shape index (κ3) is 3.78. The number of halogens is 1. The van der Waals surface area contributed by atoms with Gasteiger partial charge in [-0.3, -0.25) is 4.68 Å². The van der Waals surface area contributed by atoms with Gasteiger partial charge in [-0.25, -0.2) is 0 Å². The molecule has 1 aromatic heterocycles. The summed E-state index contributed by atoms with van der Waals surface area (Å²) in [5.74, 6) is 0. The van der Waals surface area contributed by atoms with Crippen LogP contribution in [0.15, 0.2) is 24.4 Å². The van der Waals surface area contributed by atoms with E-state index in [4.69, 9.17) is 23.8 Å². The van der Waals surface area contributed by atoms with Gasteiger partial charge in [-0.15, -0.1) is 0 Å². The van der Waals surface area contributed by atoms with E-state index in [1.54, 1.807) is 0 Å². The van der Waals surface area contributed by atoms with Crippen LogP contribution in [-0.4, -0.2) is 14.9 Å². The molecular formula is C16H21ClN4S. The van der Waals surface area contributed by atoms with E-state index < -0.39 is 0 Å². The summed E-state index contributed by atoms with van der Waals surface area (Å²) in [7, 11) is 0. The molecule has 2 N–H and O–H groups in total. The third-order valence-electron chi connectivity index (χ3n) is 3.64. The maximum absolute atomic E-state index is 6.12. The Morgan fingerprint density at radius 3 is 2.77 bits per heavy atom. The number of aryl methyl sites for hydroxylation is 2. The summed E-state index contributed by atoms with van der Waals surface area (Å²) in [6.45, 7) is 8.98. The van der Waals surface area contributed by atoms with Gasteiger partial charge in [0, 0.05) is 29.0 Å². The van der Waals surface area contributed by atoms with Gasteiger partial charge in [0.2, 0.25) is 0 Å². The molecular weight excluding hydrogens is 316 g/mol.